The van der Waals surface area contributed by atoms with E-state index in [0.717, 1.165) is 4.68 Å². The van der Waals surface area contributed by atoms with E-state index in [2.05, 4.69) is 9.94 Å². The first-order valence-corrected chi connectivity index (χ1v) is 4.29. The van der Waals surface area contributed by atoms with Crippen LogP contribution in [-0.4, -0.2) is 21.5 Å². The molecule has 0 radical (unpaired) electrons. The lowest BCUT2D eigenvalue weighted by atomic mass is 10.2. The average Bonchev–Trinajstić information content (AvgIpc) is 2.43. The fourth-order valence-corrected chi connectivity index (χ4v) is 0.866. The summed E-state index contributed by atoms with van der Waals surface area (Å²) in [6.07, 6.45) is 0.597. The molecular weight excluding hydrogens is 196 g/mol. The molecule has 15 heavy (non-hydrogen) atoms. The van der Waals surface area contributed by atoms with E-state index in [1.165, 1.54) is 6.20 Å². The van der Waals surface area contributed by atoms with Crippen molar-refractivity contribution >= 4 is 17.6 Å². The third-order valence-electron chi connectivity index (χ3n) is 1.42. The molecule has 0 amide bonds. The number of ether oxygens (including phenoxy) is 1. The Hall–Kier alpha value is -2.03. The highest BCUT2D eigenvalue weighted by Gasteiger charge is 2.19. The number of aromatic nitrogens is 2. The molecule has 0 aliphatic carbocycles. The van der Waals surface area contributed by atoms with Gasteiger partial charge in [0.15, 0.2) is 5.82 Å². The van der Waals surface area contributed by atoms with Crippen molar-refractivity contribution in [2.75, 3.05) is 5.73 Å². The first-order valence-electron chi connectivity index (χ1n) is 4.29. The second kappa shape index (κ2) is 3.61. The van der Waals surface area contributed by atoms with Crippen LogP contribution >= 0.6 is 0 Å². The molecule has 6 nitrogen and oxygen atoms in total. The van der Waals surface area contributed by atoms with Gasteiger partial charge in [-0.1, -0.05) is 0 Å². The maximum absolute atomic E-state index is 11.5. The summed E-state index contributed by atoms with van der Waals surface area (Å²) in [7, 11) is 0. The number of nitrogens with zero attached hydrogens (tertiary/aromatic N) is 3. The second-order valence-electron chi connectivity index (χ2n) is 3.94. The summed E-state index contributed by atoms with van der Waals surface area (Å²) in [5, 5.41) is 3.67. The summed E-state index contributed by atoms with van der Waals surface area (Å²) in [5.41, 5.74) is 4.94. The summed E-state index contributed by atoms with van der Waals surface area (Å²) < 4.78 is 5.96. The van der Waals surface area contributed by atoms with Gasteiger partial charge in [0, 0.05) is 6.20 Å². The Labute approximate surface area is 87.4 Å². The van der Waals surface area contributed by atoms with Gasteiger partial charge in [0.2, 0.25) is 5.69 Å². The largest absolute Gasteiger partial charge is 0.442 e. The van der Waals surface area contributed by atoms with E-state index in [1.807, 2.05) is 0 Å². The third kappa shape index (κ3) is 2.71. The van der Waals surface area contributed by atoms with Gasteiger partial charge in [-0.2, -0.15) is 9.78 Å². The van der Waals surface area contributed by atoms with Gasteiger partial charge in [-0.05, 0) is 20.8 Å². The van der Waals surface area contributed by atoms with Crippen LogP contribution in [0, 0.1) is 6.57 Å². The van der Waals surface area contributed by atoms with Crippen LogP contribution in [0.1, 0.15) is 20.8 Å². The van der Waals surface area contributed by atoms with Crippen molar-refractivity contribution in [1.29, 1.82) is 0 Å². The standard InChI is InChI=1S/C9H12N4O2/c1-9(2,3)15-8(14)13-5-6(11-4)7(10)12-13/h5H,1-3H3,(H2,10,12). The van der Waals surface area contributed by atoms with Crippen molar-refractivity contribution in [2.45, 2.75) is 26.4 Å². The number of hydrogen-bond acceptors (Lipinski definition) is 4. The smallest absolute Gasteiger partial charge is 0.433 e. The Bertz CT molecular complexity index is 422. The Kier molecular flexibility index (Phi) is 2.66. The Morgan fingerprint density at radius 1 is 1.67 bits per heavy atom. The normalized spacial score (nSPS) is 10.8. The number of carbonyl (C=O) groups is 1. The first-order chi connectivity index (χ1) is 6.83. The molecule has 6 heteroatoms. The van der Waals surface area contributed by atoms with E-state index in [-0.39, 0.29) is 11.5 Å². The lowest BCUT2D eigenvalue weighted by molar-refractivity contribution is 0.0515. The monoisotopic (exact) mass is 208 g/mol. The zero-order valence-corrected chi connectivity index (χ0v) is 8.81. The van der Waals surface area contributed by atoms with Crippen molar-refractivity contribution in [3.8, 4) is 0 Å². The molecule has 0 aromatic carbocycles. The predicted molar refractivity (Wildman–Crippen MR) is 54.5 cm³/mol. The first kappa shape index (κ1) is 11.0. The molecule has 1 rings (SSSR count). The molecular formula is C9H12N4O2. The second-order valence-corrected chi connectivity index (χ2v) is 3.94. The predicted octanol–water partition coefficient (Wildman–Crippen LogP) is 1.80. The number of rotatable bonds is 0. The van der Waals surface area contributed by atoms with Gasteiger partial charge in [0.05, 0.1) is 6.57 Å². The number of hydrogen-bond donors (Lipinski definition) is 1. The molecule has 0 saturated heterocycles. The summed E-state index contributed by atoms with van der Waals surface area (Å²) in [6, 6.07) is 0. The molecule has 0 bridgehead atoms. The lowest BCUT2D eigenvalue weighted by Crippen LogP contribution is -2.27. The van der Waals surface area contributed by atoms with Gasteiger partial charge >= 0.3 is 6.09 Å². The molecule has 0 aliphatic heterocycles. The zero-order chi connectivity index (χ0) is 11.6. The summed E-state index contributed by atoms with van der Waals surface area (Å²) in [5.74, 6) is 0.0239. The molecule has 0 aliphatic rings. The Balaban J connectivity index is 2.89. The van der Waals surface area contributed by atoms with Crippen molar-refractivity contribution in [3.05, 3.63) is 17.6 Å². The van der Waals surface area contributed by atoms with Crippen LogP contribution in [0.15, 0.2) is 6.20 Å². The average molecular weight is 208 g/mol. The zero-order valence-electron chi connectivity index (χ0n) is 8.81. The molecule has 0 saturated carbocycles. The summed E-state index contributed by atoms with van der Waals surface area (Å²) in [6.45, 7) is 12.0. The minimum Gasteiger partial charge on any atom is -0.442 e. The maximum Gasteiger partial charge on any atom is 0.433 e. The van der Waals surface area contributed by atoms with E-state index < -0.39 is 11.7 Å². The number of carbonyl (C=O) groups excluding carboxylic acids is 1. The van der Waals surface area contributed by atoms with Crippen molar-refractivity contribution < 1.29 is 9.53 Å². The van der Waals surface area contributed by atoms with E-state index in [9.17, 15) is 4.79 Å². The Morgan fingerprint density at radius 3 is 2.67 bits per heavy atom. The molecule has 1 aromatic rings. The maximum atomic E-state index is 11.5. The highest BCUT2D eigenvalue weighted by atomic mass is 16.6. The van der Waals surface area contributed by atoms with E-state index >= 15 is 0 Å². The number of nitrogens with two attached hydrogens (primary N) is 1. The van der Waals surface area contributed by atoms with Crippen LogP contribution in [-0.2, 0) is 4.74 Å². The fourth-order valence-electron chi connectivity index (χ4n) is 0.866. The molecule has 80 valence electrons. The van der Waals surface area contributed by atoms with E-state index in [4.69, 9.17) is 17.0 Å². The van der Waals surface area contributed by atoms with Crippen LogP contribution in [0.4, 0.5) is 16.3 Å². The Morgan fingerprint density at radius 2 is 2.27 bits per heavy atom. The molecule has 1 heterocycles. The van der Waals surface area contributed by atoms with Crippen molar-refractivity contribution in [1.82, 2.24) is 9.78 Å². The molecule has 0 unspecified atom stereocenters. The van der Waals surface area contributed by atoms with Crippen LogP contribution in [0.2, 0.25) is 0 Å². The number of nitrogen functional groups attached to an aromatic ring is 1. The molecule has 0 spiro atoms. The van der Waals surface area contributed by atoms with Crippen molar-refractivity contribution in [3.63, 3.8) is 0 Å². The molecule has 1 aromatic heterocycles. The quantitative estimate of drug-likeness (QED) is 0.659. The van der Waals surface area contributed by atoms with Gasteiger partial charge in [0.1, 0.15) is 5.60 Å². The highest BCUT2D eigenvalue weighted by molar-refractivity contribution is 5.74. The van der Waals surface area contributed by atoms with Gasteiger partial charge in [-0.3, -0.25) is 0 Å². The fraction of sp³-hybridized carbons (Fsp3) is 0.444. The number of anilines is 1. The SMILES string of the molecule is [C-]#[N+]c1cn(C(=O)OC(C)(C)C)nc1N. The van der Waals surface area contributed by atoms with E-state index in [0.29, 0.717) is 0 Å². The highest BCUT2D eigenvalue weighted by Crippen LogP contribution is 2.20. The molecule has 2 N–H and O–H groups in total. The summed E-state index contributed by atoms with van der Waals surface area (Å²) in [4.78, 5) is 14.6. The van der Waals surface area contributed by atoms with Gasteiger partial charge in [-0.25, -0.2) is 9.64 Å². The third-order valence-corrected chi connectivity index (χ3v) is 1.42. The van der Waals surface area contributed by atoms with E-state index in [1.54, 1.807) is 20.8 Å². The van der Waals surface area contributed by atoms with Gasteiger partial charge < -0.3 is 10.5 Å². The van der Waals surface area contributed by atoms with Gasteiger partial charge in [-0.15, -0.1) is 0 Å². The van der Waals surface area contributed by atoms with Crippen LogP contribution in [0.3, 0.4) is 0 Å². The van der Waals surface area contributed by atoms with Crippen LogP contribution < -0.4 is 5.73 Å². The molecule has 0 atom stereocenters. The molecule has 0 fully saturated rings. The minimum atomic E-state index is -0.649. The topological polar surface area (TPSA) is 74.5 Å². The summed E-state index contributed by atoms with van der Waals surface area (Å²) >= 11 is 0. The van der Waals surface area contributed by atoms with Crippen LogP contribution in [0.5, 0.6) is 0 Å². The van der Waals surface area contributed by atoms with Crippen LogP contribution in [0.25, 0.3) is 4.85 Å². The van der Waals surface area contributed by atoms with Crippen molar-refractivity contribution in [2.24, 2.45) is 0 Å². The minimum absolute atomic E-state index is 0.0239. The van der Waals surface area contributed by atoms with Gasteiger partial charge in [0.25, 0.3) is 0 Å². The lowest BCUT2D eigenvalue weighted by Gasteiger charge is -2.18.